The maximum absolute atomic E-state index is 11.7. The lowest BCUT2D eigenvalue weighted by atomic mass is 10.1. The molecule has 0 saturated carbocycles. The second kappa shape index (κ2) is 5.87. The van der Waals surface area contributed by atoms with Crippen LogP contribution in [0.2, 0.25) is 0 Å². The molecule has 96 valence electrons. The number of rotatable bonds is 5. The van der Waals surface area contributed by atoms with Gasteiger partial charge < -0.3 is 15.5 Å². The molecule has 1 amide bonds. The lowest BCUT2D eigenvalue weighted by molar-refractivity contribution is -0.122. The molecule has 0 aliphatic carbocycles. The molecule has 2 unspecified atom stereocenters. The maximum atomic E-state index is 11.7. The van der Waals surface area contributed by atoms with E-state index in [1.807, 2.05) is 33.8 Å². The van der Waals surface area contributed by atoms with Crippen LogP contribution in [0.15, 0.2) is 10.5 Å². The Hall–Kier alpha value is -1.29. The van der Waals surface area contributed by atoms with Gasteiger partial charge in [0.25, 0.3) is 0 Å². The Balaban J connectivity index is 2.57. The SMILES string of the molecule is CCC(N)CC(=O)NC(C)c1cc(C)oc1C. The first-order valence-electron chi connectivity index (χ1n) is 6.05. The third kappa shape index (κ3) is 3.89. The molecule has 0 spiro atoms. The van der Waals surface area contributed by atoms with Crippen molar-refractivity contribution in [1.82, 2.24) is 5.32 Å². The van der Waals surface area contributed by atoms with Crippen molar-refractivity contribution in [2.45, 2.75) is 52.6 Å². The topological polar surface area (TPSA) is 68.3 Å². The normalized spacial score (nSPS) is 14.4. The Kier molecular flexibility index (Phi) is 4.75. The van der Waals surface area contributed by atoms with Gasteiger partial charge in [-0.1, -0.05) is 6.92 Å². The summed E-state index contributed by atoms with van der Waals surface area (Å²) in [6, 6.07) is 1.86. The lowest BCUT2D eigenvalue weighted by Crippen LogP contribution is -2.32. The number of nitrogens with two attached hydrogens (primary N) is 1. The summed E-state index contributed by atoms with van der Waals surface area (Å²) in [6.07, 6.45) is 1.18. The highest BCUT2D eigenvalue weighted by Crippen LogP contribution is 2.21. The van der Waals surface area contributed by atoms with Gasteiger partial charge in [0, 0.05) is 18.0 Å². The summed E-state index contributed by atoms with van der Waals surface area (Å²) < 4.78 is 5.44. The molecule has 4 nitrogen and oxygen atoms in total. The van der Waals surface area contributed by atoms with E-state index < -0.39 is 0 Å². The van der Waals surface area contributed by atoms with Gasteiger partial charge in [0.05, 0.1) is 6.04 Å². The van der Waals surface area contributed by atoms with E-state index in [4.69, 9.17) is 10.2 Å². The number of carbonyl (C=O) groups excluding carboxylic acids is 1. The highest BCUT2D eigenvalue weighted by atomic mass is 16.3. The zero-order valence-electron chi connectivity index (χ0n) is 11.0. The van der Waals surface area contributed by atoms with Crippen molar-refractivity contribution in [3.8, 4) is 0 Å². The molecule has 0 radical (unpaired) electrons. The van der Waals surface area contributed by atoms with E-state index in [0.717, 1.165) is 23.5 Å². The average molecular weight is 238 g/mol. The smallest absolute Gasteiger partial charge is 0.222 e. The first kappa shape index (κ1) is 13.8. The number of hydrogen-bond donors (Lipinski definition) is 2. The van der Waals surface area contributed by atoms with Gasteiger partial charge in [0.1, 0.15) is 11.5 Å². The van der Waals surface area contributed by atoms with E-state index >= 15 is 0 Å². The summed E-state index contributed by atoms with van der Waals surface area (Å²) in [5.41, 5.74) is 6.77. The largest absolute Gasteiger partial charge is 0.466 e. The highest BCUT2D eigenvalue weighted by molar-refractivity contribution is 5.77. The number of carbonyl (C=O) groups is 1. The van der Waals surface area contributed by atoms with Crippen molar-refractivity contribution in [3.05, 3.63) is 23.2 Å². The third-order valence-corrected chi connectivity index (χ3v) is 2.90. The maximum Gasteiger partial charge on any atom is 0.222 e. The Labute approximate surface area is 103 Å². The van der Waals surface area contributed by atoms with Crippen LogP contribution in [0.5, 0.6) is 0 Å². The van der Waals surface area contributed by atoms with Crippen LogP contribution in [-0.2, 0) is 4.79 Å². The molecule has 0 aromatic carbocycles. The molecular weight excluding hydrogens is 216 g/mol. The van der Waals surface area contributed by atoms with Gasteiger partial charge in [-0.05, 0) is 33.3 Å². The van der Waals surface area contributed by atoms with Gasteiger partial charge in [0.2, 0.25) is 5.91 Å². The molecule has 0 bridgehead atoms. The van der Waals surface area contributed by atoms with E-state index in [0.29, 0.717) is 6.42 Å². The van der Waals surface area contributed by atoms with Gasteiger partial charge in [-0.25, -0.2) is 0 Å². The monoisotopic (exact) mass is 238 g/mol. The van der Waals surface area contributed by atoms with E-state index in [1.165, 1.54) is 0 Å². The van der Waals surface area contributed by atoms with Crippen molar-refractivity contribution >= 4 is 5.91 Å². The molecule has 0 saturated heterocycles. The molecule has 2 atom stereocenters. The number of aryl methyl sites for hydroxylation is 2. The van der Waals surface area contributed by atoms with Gasteiger partial charge >= 0.3 is 0 Å². The predicted octanol–water partition coefficient (Wildman–Crippen LogP) is 2.20. The second-order valence-corrected chi connectivity index (χ2v) is 4.53. The first-order chi connectivity index (χ1) is 7.93. The summed E-state index contributed by atoms with van der Waals surface area (Å²) in [5, 5.41) is 2.94. The van der Waals surface area contributed by atoms with Crippen LogP contribution in [0.4, 0.5) is 0 Å². The Morgan fingerprint density at radius 1 is 1.53 bits per heavy atom. The summed E-state index contributed by atoms with van der Waals surface area (Å²) in [4.78, 5) is 11.7. The zero-order chi connectivity index (χ0) is 13.0. The fourth-order valence-electron chi connectivity index (χ4n) is 1.84. The van der Waals surface area contributed by atoms with E-state index in [9.17, 15) is 4.79 Å². The molecule has 1 aromatic heterocycles. The minimum Gasteiger partial charge on any atom is -0.466 e. The van der Waals surface area contributed by atoms with Crippen molar-refractivity contribution < 1.29 is 9.21 Å². The minimum atomic E-state index is -0.0608. The summed E-state index contributed by atoms with van der Waals surface area (Å²) in [5.74, 6) is 1.71. The van der Waals surface area contributed by atoms with Crippen LogP contribution in [0.3, 0.4) is 0 Å². The third-order valence-electron chi connectivity index (χ3n) is 2.90. The summed E-state index contributed by atoms with van der Waals surface area (Å²) >= 11 is 0. The van der Waals surface area contributed by atoms with Gasteiger partial charge in [-0.15, -0.1) is 0 Å². The van der Waals surface area contributed by atoms with Crippen LogP contribution in [-0.4, -0.2) is 11.9 Å². The van der Waals surface area contributed by atoms with Crippen LogP contribution in [0, 0.1) is 13.8 Å². The van der Waals surface area contributed by atoms with Crippen molar-refractivity contribution in [1.29, 1.82) is 0 Å². The lowest BCUT2D eigenvalue weighted by Gasteiger charge is -2.15. The standard InChI is InChI=1S/C13H22N2O2/c1-5-11(14)7-13(16)15-9(3)12-6-8(2)17-10(12)4/h6,9,11H,5,7,14H2,1-4H3,(H,15,16). The number of hydrogen-bond acceptors (Lipinski definition) is 3. The molecule has 1 heterocycles. The van der Waals surface area contributed by atoms with E-state index in [2.05, 4.69) is 5.32 Å². The Bertz CT molecular complexity index is 385. The van der Waals surface area contributed by atoms with E-state index in [1.54, 1.807) is 0 Å². The molecule has 0 fully saturated rings. The molecule has 1 aromatic rings. The molecule has 17 heavy (non-hydrogen) atoms. The molecular formula is C13H22N2O2. The number of nitrogens with one attached hydrogen (secondary N) is 1. The molecule has 4 heteroatoms. The van der Waals surface area contributed by atoms with Crippen molar-refractivity contribution in [2.24, 2.45) is 5.73 Å². The predicted molar refractivity (Wildman–Crippen MR) is 67.6 cm³/mol. The molecule has 0 aliphatic heterocycles. The van der Waals surface area contributed by atoms with Crippen LogP contribution in [0.1, 0.15) is 49.8 Å². The summed E-state index contributed by atoms with van der Waals surface area (Å²) in [7, 11) is 0. The van der Waals surface area contributed by atoms with Crippen LogP contribution in [0.25, 0.3) is 0 Å². The molecule has 0 aliphatic rings. The number of furan rings is 1. The summed E-state index contributed by atoms with van der Waals surface area (Å²) in [6.45, 7) is 7.73. The zero-order valence-corrected chi connectivity index (χ0v) is 11.0. The minimum absolute atomic E-state index is 0.00916. The van der Waals surface area contributed by atoms with Crippen LogP contribution < -0.4 is 11.1 Å². The van der Waals surface area contributed by atoms with Gasteiger partial charge in [-0.2, -0.15) is 0 Å². The highest BCUT2D eigenvalue weighted by Gasteiger charge is 2.16. The molecule has 1 rings (SSSR count). The Morgan fingerprint density at radius 2 is 2.18 bits per heavy atom. The average Bonchev–Trinajstić information content (AvgIpc) is 2.57. The van der Waals surface area contributed by atoms with Crippen molar-refractivity contribution in [3.63, 3.8) is 0 Å². The number of amides is 1. The second-order valence-electron chi connectivity index (χ2n) is 4.53. The van der Waals surface area contributed by atoms with Crippen LogP contribution >= 0.6 is 0 Å². The fourth-order valence-corrected chi connectivity index (χ4v) is 1.84. The van der Waals surface area contributed by atoms with E-state index in [-0.39, 0.29) is 18.0 Å². The van der Waals surface area contributed by atoms with Gasteiger partial charge in [0.15, 0.2) is 0 Å². The Morgan fingerprint density at radius 3 is 2.65 bits per heavy atom. The fraction of sp³-hybridized carbons (Fsp3) is 0.615. The molecule has 3 N–H and O–H groups in total. The quantitative estimate of drug-likeness (QED) is 0.826. The van der Waals surface area contributed by atoms with Gasteiger partial charge in [-0.3, -0.25) is 4.79 Å². The van der Waals surface area contributed by atoms with Crippen molar-refractivity contribution in [2.75, 3.05) is 0 Å². The first-order valence-corrected chi connectivity index (χ1v) is 6.05.